The number of methoxy groups -OCH3 is 2. The summed E-state index contributed by atoms with van der Waals surface area (Å²) >= 11 is 7.88. The third kappa shape index (κ3) is 7.54. The SMILES string of the molecule is COc1cc2c(cc1OC)CN(c1cc(Cl)nc(SCc3ccc(C(=O)N4CCN(c5cccc(C(F)(F)F)c5)CC4)cc3)n1)CC2. The summed E-state index contributed by atoms with van der Waals surface area (Å²) in [5.41, 5.74) is 3.75. The van der Waals surface area contributed by atoms with Gasteiger partial charge in [0.2, 0.25) is 0 Å². The molecular weight excluding hydrogens is 651 g/mol. The molecule has 2 aliphatic heterocycles. The van der Waals surface area contributed by atoms with E-state index in [9.17, 15) is 18.0 Å². The summed E-state index contributed by atoms with van der Waals surface area (Å²) in [6, 6.07) is 18.5. The third-order valence-electron chi connectivity index (χ3n) is 8.38. The fourth-order valence-corrected chi connectivity index (χ4v) is 6.85. The number of carbonyl (C=O) groups is 1. The molecule has 13 heteroatoms. The van der Waals surface area contributed by atoms with Crippen molar-refractivity contribution in [3.05, 3.63) is 99.7 Å². The zero-order valence-electron chi connectivity index (χ0n) is 25.9. The van der Waals surface area contributed by atoms with Crippen molar-refractivity contribution in [3.8, 4) is 11.5 Å². The molecule has 1 saturated heterocycles. The zero-order valence-corrected chi connectivity index (χ0v) is 27.5. The lowest BCUT2D eigenvalue weighted by molar-refractivity contribution is -0.137. The Morgan fingerprint density at radius 2 is 1.57 bits per heavy atom. The summed E-state index contributed by atoms with van der Waals surface area (Å²) in [6.45, 7) is 3.18. The Morgan fingerprint density at radius 1 is 0.872 bits per heavy atom. The van der Waals surface area contributed by atoms with Gasteiger partial charge in [-0.15, -0.1) is 0 Å². The van der Waals surface area contributed by atoms with Gasteiger partial charge in [-0.3, -0.25) is 4.79 Å². The molecule has 2 aliphatic rings. The molecule has 0 bridgehead atoms. The van der Waals surface area contributed by atoms with Gasteiger partial charge in [-0.2, -0.15) is 13.2 Å². The highest BCUT2D eigenvalue weighted by molar-refractivity contribution is 7.98. The van der Waals surface area contributed by atoms with Gasteiger partial charge in [0, 0.05) is 62.3 Å². The maximum Gasteiger partial charge on any atom is 0.416 e. The summed E-state index contributed by atoms with van der Waals surface area (Å²) in [7, 11) is 3.26. The number of piperazine rings is 1. The average molecular weight is 684 g/mol. The lowest BCUT2D eigenvalue weighted by atomic mass is 9.99. The van der Waals surface area contributed by atoms with E-state index in [1.165, 1.54) is 23.4 Å². The molecule has 3 heterocycles. The smallest absolute Gasteiger partial charge is 0.416 e. The summed E-state index contributed by atoms with van der Waals surface area (Å²) in [5, 5.41) is 0.925. The number of halogens is 4. The van der Waals surface area contributed by atoms with Crippen molar-refractivity contribution in [1.29, 1.82) is 0 Å². The lowest BCUT2D eigenvalue weighted by Crippen LogP contribution is -2.48. The minimum absolute atomic E-state index is 0.102. The second-order valence-corrected chi connectivity index (χ2v) is 12.6. The molecular formula is C34H33ClF3N5O3S. The molecule has 1 fully saturated rings. The fraction of sp³-hybridized carbons (Fsp3) is 0.324. The van der Waals surface area contributed by atoms with Crippen LogP contribution in [0.1, 0.15) is 32.6 Å². The molecule has 0 atom stereocenters. The lowest BCUT2D eigenvalue weighted by Gasteiger charge is -2.36. The maximum atomic E-state index is 13.2. The quantitative estimate of drug-likeness (QED) is 0.112. The van der Waals surface area contributed by atoms with E-state index in [0.29, 0.717) is 65.8 Å². The number of aromatic nitrogens is 2. The number of thioether (sulfide) groups is 1. The van der Waals surface area contributed by atoms with Gasteiger partial charge in [-0.1, -0.05) is 41.6 Å². The number of nitrogens with zero attached hydrogens (tertiary/aromatic N) is 5. The molecule has 3 aromatic carbocycles. The van der Waals surface area contributed by atoms with Crippen LogP contribution in [0.3, 0.4) is 0 Å². The molecule has 47 heavy (non-hydrogen) atoms. The van der Waals surface area contributed by atoms with Crippen LogP contribution in [0.5, 0.6) is 11.5 Å². The molecule has 1 aromatic heterocycles. The topological polar surface area (TPSA) is 71.0 Å². The normalized spacial score (nSPS) is 15.0. The second-order valence-electron chi connectivity index (χ2n) is 11.3. The number of rotatable bonds is 8. The molecule has 246 valence electrons. The van der Waals surface area contributed by atoms with Crippen molar-refractivity contribution in [2.45, 2.75) is 30.1 Å². The van der Waals surface area contributed by atoms with Crippen molar-refractivity contribution in [2.24, 2.45) is 0 Å². The van der Waals surface area contributed by atoms with Gasteiger partial charge in [-0.05, 0) is 65.6 Å². The van der Waals surface area contributed by atoms with E-state index in [2.05, 4.69) is 9.88 Å². The maximum absolute atomic E-state index is 13.2. The van der Waals surface area contributed by atoms with Crippen LogP contribution in [0.25, 0.3) is 0 Å². The number of hydrogen-bond donors (Lipinski definition) is 0. The minimum atomic E-state index is -4.39. The van der Waals surface area contributed by atoms with Gasteiger partial charge in [0.25, 0.3) is 5.91 Å². The van der Waals surface area contributed by atoms with Crippen molar-refractivity contribution in [2.75, 3.05) is 56.7 Å². The first-order valence-corrected chi connectivity index (χ1v) is 16.4. The number of benzene rings is 3. The summed E-state index contributed by atoms with van der Waals surface area (Å²) in [6.07, 6.45) is -3.56. The molecule has 1 amide bonds. The minimum Gasteiger partial charge on any atom is -0.493 e. The Labute approximate surface area is 280 Å². The number of carbonyl (C=O) groups excluding carboxylic acids is 1. The zero-order chi connectivity index (χ0) is 33.1. The van der Waals surface area contributed by atoms with Gasteiger partial charge in [0.1, 0.15) is 11.0 Å². The number of amides is 1. The van der Waals surface area contributed by atoms with Crippen LogP contribution >= 0.6 is 23.4 Å². The summed E-state index contributed by atoms with van der Waals surface area (Å²) in [4.78, 5) is 28.2. The van der Waals surface area contributed by atoms with Crippen LogP contribution in [0.2, 0.25) is 5.15 Å². The van der Waals surface area contributed by atoms with Crippen molar-refractivity contribution in [3.63, 3.8) is 0 Å². The van der Waals surface area contributed by atoms with Crippen molar-refractivity contribution < 1.29 is 27.4 Å². The van der Waals surface area contributed by atoms with Crippen LogP contribution in [0.15, 0.2) is 71.9 Å². The summed E-state index contributed by atoms with van der Waals surface area (Å²) < 4.78 is 50.4. The molecule has 6 rings (SSSR count). The van der Waals surface area contributed by atoms with E-state index < -0.39 is 11.7 Å². The first kappa shape index (κ1) is 32.8. The van der Waals surface area contributed by atoms with Crippen LogP contribution in [0.4, 0.5) is 24.7 Å². The van der Waals surface area contributed by atoms with E-state index in [1.807, 2.05) is 29.2 Å². The number of hydrogen-bond acceptors (Lipinski definition) is 8. The van der Waals surface area contributed by atoms with Crippen LogP contribution < -0.4 is 19.3 Å². The van der Waals surface area contributed by atoms with E-state index in [4.69, 9.17) is 26.1 Å². The Bertz CT molecular complexity index is 1750. The molecule has 0 aliphatic carbocycles. The number of fused-ring (bicyclic) bond motifs is 1. The van der Waals surface area contributed by atoms with Gasteiger partial charge in [0.05, 0.1) is 19.8 Å². The molecule has 0 N–H and O–H groups in total. The van der Waals surface area contributed by atoms with E-state index in [-0.39, 0.29) is 5.91 Å². The highest BCUT2D eigenvalue weighted by Crippen LogP contribution is 2.35. The highest BCUT2D eigenvalue weighted by atomic mass is 35.5. The molecule has 0 radical (unpaired) electrons. The number of ether oxygens (including phenoxy) is 2. The average Bonchev–Trinajstić information content (AvgIpc) is 3.09. The Balaban J connectivity index is 1.04. The predicted octanol–water partition coefficient (Wildman–Crippen LogP) is 6.98. The van der Waals surface area contributed by atoms with Gasteiger partial charge in [0.15, 0.2) is 16.7 Å². The standard InChI is InChI=1S/C34H33ClF3N5O3S/c1-45-28-16-24-10-11-43(20-25(24)17-29(28)46-2)31-19-30(35)39-33(40-31)47-21-22-6-8-23(9-7-22)32(44)42-14-12-41(13-15-42)27-5-3-4-26(18-27)34(36,37)38/h3-9,16-19H,10-15,20-21H2,1-2H3. The van der Waals surface area contributed by atoms with Gasteiger partial charge >= 0.3 is 6.18 Å². The Kier molecular flexibility index (Phi) is 9.70. The van der Waals surface area contributed by atoms with Crippen molar-refractivity contribution in [1.82, 2.24) is 14.9 Å². The third-order valence-corrected chi connectivity index (χ3v) is 9.49. The monoisotopic (exact) mass is 683 g/mol. The van der Waals surface area contributed by atoms with Crippen LogP contribution in [0, 0.1) is 0 Å². The summed E-state index contributed by atoms with van der Waals surface area (Å²) in [5.74, 6) is 2.64. The van der Waals surface area contributed by atoms with Gasteiger partial charge in [-0.25, -0.2) is 9.97 Å². The molecule has 0 unspecified atom stereocenters. The molecule has 4 aromatic rings. The highest BCUT2D eigenvalue weighted by Gasteiger charge is 2.31. The Hall–Kier alpha value is -4.16. The number of alkyl halides is 3. The fourth-order valence-electron chi connectivity index (χ4n) is 5.81. The second kappa shape index (κ2) is 13.9. The van der Waals surface area contributed by atoms with E-state index >= 15 is 0 Å². The largest absolute Gasteiger partial charge is 0.493 e. The van der Waals surface area contributed by atoms with E-state index in [0.717, 1.165) is 47.8 Å². The molecule has 0 saturated carbocycles. The predicted molar refractivity (Wildman–Crippen MR) is 177 cm³/mol. The van der Waals surface area contributed by atoms with Crippen molar-refractivity contribution >= 4 is 40.8 Å². The first-order chi connectivity index (χ1) is 22.6. The molecule has 0 spiro atoms. The Morgan fingerprint density at radius 3 is 2.26 bits per heavy atom. The number of anilines is 2. The first-order valence-electron chi connectivity index (χ1n) is 15.1. The van der Waals surface area contributed by atoms with Gasteiger partial charge < -0.3 is 24.2 Å². The van der Waals surface area contributed by atoms with Crippen LogP contribution in [-0.4, -0.2) is 67.7 Å². The molecule has 8 nitrogen and oxygen atoms in total. The van der Waals surface area contributed by atoms with E-state index in [1.54, 1.807) is 43.4 Å². The van der Waals surface area contributed by atoms with Crippen LogP contribution in [-0.2, 0) is 24.9 Å².